The maximum Gasteiger partial charge on any atom is 0.152 e. The minimum atomic E-state index is -0.664. The summed E-state index contributed by atoms with van der Waals surface area (Å²) in [4.78, 5) is 5.25. The summed E-state index contributed by atoms with van der Waals surface area (Å²) in [5.74, 6) is -1.33. The van der Waals surface area contributed by atoms with E-state index in [1.165, 1.54) is 12.1 Å². The van der Waals surface area contributed by atoms with Crippen LogP contribution in [0.15, 0.2) is 34.2 Å². The predicted molar refractivity (Wildman–Crippen MR) is 70.1 cm³/mol. The van der Waals surface area contributed by atoms with Crippen LogP contribution in [-0.2, 0) is 11.4 Å². The second kappa shape index (κ2) is 5.28. The first-order chi connectivity index (χ1) is 9.63. The van der Waals surface area contributed by atoms with Crippen molar-refractivity contribution in [2.24, 2.45) is 5.16 Å². The molecule has 2 aromatic rings. The Morgan fingerprint density at radius 3 is 2.75 bits per heavy atom. The first kappa shape index (κ1) is 13.2. The Hall–Kier alpha value is -1.83. The van der Waals surface area contributed by atoms with Crippen molar-refractivity contribution in [3.05, 3.63) is 46.2 Å². The van der Waals surface area contributed by atoms with Crippen LogP contribution in [0.2, 0.25) is 0 Å². The molecule has 0 radical (unpaired) electrons. The Morgan fingerprint density at radius 1 is 1.35 bits per heavy atom. The highest BCUT2D eigenvalue weighted by Gasteiger charge is 2.24. The number of benzene rings is 1. The Bertz CT molecular complexity index is 636. The molecular formula is C12H9BrF2N4O. The van der Waals surface area contributed by atoms with Crippen LogP contribution in [0.4, 0.5) is 8.78 Å². The molecule has 5 nitrogen and oxygen atoms in total. The highest BCUT2D eigenvalue weighted by molar-refractivity contribution is 9.10. The third-order valence-corrected chi connectivity index (χ3v) is 3.67. The molecule has 0 saturated heterocycles. The summed E-state index contributed by atoms with van der Waals surface area (Å²) in [7, 11) is 0. The second-order valence-electron chi connectivity index (χ2n) is 4.35. The van der Waals surface area contributed by atoms with E-state index in [1.54, 1.807) is 17.1 Å². The summed E-state index contributed by atoms with van der Waals surface area (Å²) >= 11 is 2.83. The van der Waals surface area contributed by atoms with Gasteiger partial charge in [0.15, 0.2) is 6.10 Å². The molecule has 0 spiro atoms. The topological polar surface area (TPSA) is 52.3 Å². The van der Waals surface area contributed by atoms with Crippen LogP contribution >= 0.6 is 15.9 Å². The molecule has 1 aromatic heterocycles. The van der Waals surface area contributed by atoms with Crippen molar-refractivity contribution in [2.45, 2.75) is 19.1 Å². The quantitative estimate of drug-likeness (QED) is 0.805. The number of hydrogen-bond donors (Lipinski definition) is 0. The summed E-state index contributed by atoms with van der Waals surface area (Å²) in [5.41, 5.74) is 0.893. The lowest BCUT2D eigenvalue weighted by Gasteiger charge is -2.07. The van der Waals surface area contributed by atoms with E-state index in [4.69, 9.17) is 4.84 Å². The molecule has 20 heavy (non-hydrogen) atoms. The molecule has 3 rings (SSSR count). The summed E-state index contributed by atoms with van der Waals surface area (Å²) in [6.45, 7) is 0.481. The maximum atomic E-state index is 13.5. The van der Waals surface area contributed by atoms with E-state index in [0.29, 0.717) is 24.2 Å². The molecule has 1 aliphatic rings. The Kier molecular flexibility index (Phi) is 3.47. The van der Waals surface area contributed by atoms with Crippen LogP contribution in [0.1, 0.15) is 12.0 Å². The molecule has 1 unspecified atom stereocenters. The third-order valence-electron chi connectivity index (χ3n) is 2.91. The fourth-order valence-electron chi connectivity index (χ4n) is 1.96. The fraction of sp³-hybridized carbons (Fsp3) is 0.250. The van der Waals surface area contributed by atoms with Gasteiger partial charge < -0.3 is 4.84 Å². The van der Waals surface area contributed by atoms with Gasteiger partial charge in [-0.15, -0.1) is 5.10 Å². The molecule has 0 amide bonds. The molecule has 0 saturated carbocycles. The largest absolute Gasteiger partial charge is 0.390 e. The first-order valence-electron chi connectivity index (χ1n) is 5.85. The van der Waals surface area contributed by atoms with Gasteiger partial charge in [0.2, 0.25) is 0 Å². The number of hydrogen-bond acceptors (Lipinski definition) is 4. The number of oxime groups is 1. The Balaban J connectivity index is 1.73. The van der Waals surface area contributed by atoms with Crippen molar-refractivity contribution in [3.63, 3.8) is 0 Å². The van der Waals surface area contributed by atoms with Crippen LogP contribution in [0.3, 0.4) is 0 Å². The zero-order valence-corrected chi connectivity index (χ0v) is 11.7. The Labute approximate surface area is 121 Å². The molecule has 0 N–H and O–H groups in total. The zero-order valence-electron chi connectivity index (χ0n) is 10.1. The van der Waals surface area contributed by atoms with E-state index in [2.05, 4.69) is 31.4 Å². The molecular weight excluding hydrogens is 334 g/mol. The molecule has 8 heteroatoms. The van der Waals surface area contributed by atoms with Gasteiger partial charge in [0.25, 0.3) is 0 Å². The average molecular weight is 343 g/mol. The van der Waals surface area contributed by atoms with E-state index in [0.717, 1.165) is 0 Å². The normalized spacial score (nSPS) is 17.9. The summed E-state index contributed by atoms with van der Waals surface area (Å²) in [5, 5.41) is 11.4. The van der Waals surface area contributed by atoms with Gasteiger partial charge in [0.05, 0.1) is 22.9 Å². The van der Waals surface area contributed by atoms with Gasteiger partial charge in [-0.2, -0.15) is 0 Å². The minimum Gasteiger partial charge on any atom is -0.390 e. The van der Waals surface area contributed by atoms with E-state index >= 15 is 0 Å². The van der Waals surface area contributed by atoms with Gasteiger partial charge in [-0.05, 0) is 28.1 Å². The monoisotopic (exact) mass is 342 g/mol. The zero-order chi connectivity index (χ0) is 14.1. The highest BCUT2D eigenvalue weighted by atomic mass is 79.9. The van der Waals surface area contributed by atoms with Crippen molar-refractivity contribution < 1.29 is 13.6 Å². The summed E-state index contributed by atoms with van der Waals surface area (Å²) in [6, 6.07) is 2.46. The molecule has 1 atom stereocenters. The van der Waals surface area contributed by atoms with Crippen LogP contribution in [0.25, 0.3) is 0 Å². The number of aromatic nitrogens is 3. The van der Waals surface area contributed by atoms with Gasteiger partial charge in [-0.25, -0.2) is 13.5 Å². The van der Waals surface area contributed by atoms with Gasteiger partial charge in [0, 0.05) is 18.2 Å². The first-order valence-corrected chi connectivity index (χ1v) is 6.64. The summed E-state index contributed by atoms with van der Waals surface area (Å²) in [6.07, 6.45) is 3.51. The summed E-state index contributed by atoms with van der Waals surface area (Å²) < 4.78 is 28.4. The lowest BCUT2D eigenvalue weighted by Crippen LogP contribution is -2.17. The van der Waals surface area contributed by atoms with Crippen LogP contribution in [-0.4, -0.2) is 26.8 Å². The molecule has 0 fully saturated rings. The molecule has 0 bridgehead atoms. The SMILES string of the molecule is Fc1cc(C2=NOC(Cn3ccnn3)C2)cc(F)c1Br. The lowest BCUT2D eigenvalue weighted by molar-refractivity contribution is 0.0693. The molecule has 104 valence electrons. The maximum absolute atomic E-state index is 13.5. The lowest BCUT2D eigenvalue weighted by atomic mass is 10.0. The van der Waals surface area contributed by atoms with Crippen molar-refractivity contribution in [1.29, 1.82) is 0 Å². The van der Waals surface area contributed by atoms with Crippen molar-refractivity contribution in [3.8, 4) is 0 Å². The smallest absolute Gasteiger partial charge is 0.152 e. The number of nitrogens with zero attached hydrogens (tertiary/aromatic N) is 4. The predicted octanol–water partition coefficient (Wildman–Crippen LogP) is 2.51. The van der Waals surface area contributed by atoms with E-state index in [-0.39, 0.29) is 10.6 Å². The van der Waals surface area contributed by atoms with Crippen LogP contribution in [0.5, 0.6) is 0 Å². The molecule has 1 aromatic carbocycles. The van der Waals surface area contributed by atoms with Crippen molar-refractivity contribution in [2.75, 3.05) is 0 Å². The molecule has 2 heterocycles. The number of rotatable bonds is 3. The van der Waals surface area contributed by atoms with Gasteiger partial charge >= 0.3 is 0 Å². The van der Waals surface area contributed by atoms with Crippen LogP contribution < -0.4 is 0 Å². The standard InChI is InChI=1S/C12H9BrF2N4O/c13-12-9(14)3-7(4-10(12)15)11-5-8(20-17-11)6-19-2-1-16-18-19/h1-4,8H,5-6H2. The minimum absolute atomic E-state index is 0.181. The fourth-order valence-corrected chi connectivity index (χ4v) is 2.19. The van der Waals surface area contributed by atoms with Gasteiger partial charge in [0.1, 0.15) is 11.6 Å². The second-order valence-corrected chi connectivity index (χ2v) is 5.14. The molecule has 0 aliphatic carbocycles. The molecule has 1 aliphatic heterocycles. The van der Waals surface area contributed by atoms with E-state index in [9.17, 15) is 8.78 Å². The Morgan fingerprint density at radius 2 is 2.10 bits per heavy atom. The number of halogens is 3. The average Bonchev–Trinajstić information content (AvgIpc) is 3.07. The van der Waals surface area contributed by atoms with E-state index in [1.807, 2.05) is 0 Å². The van der Waals surface area contributed by atoms with Crippen molar-refractivity contribution in [1.82, 2.24) is 15.0 Å². The van der Waals surface area contributed by atoms with Crippen molar-refractivity contribution >= 4 is 21.6 Å². The van der Waals surface area contributed by atoms with Gasteiger partial charge in [-0.1, -0.05) is 10.4 Å². The van der Waals surface area contributed by atoms with E-state index < -0.39 is 11.6 Å². The highest BCUT2D eigenvalue weighted by Crippen LogP contribution is 2.24. The van der Waals surface area contributed by atoms with Crippen LogP contribution in [0, 0.1) is 11.6 Å². The third kappa shape index (κ3) is 2.55. The van der Waals surface area contributed by atoms with Gasteiger partial charge in [-0.3, -0.25) is 0 Å².